The largest absolute Gasteiger partial charge is 0.384 e. The van der Waals surface area contributed by atoms with Gasteiger partial charge in [0.15, 0.2) is 0 Å². The minimum Gasteiger partial charge on any atom is -0.384 e. The molecule has 17 heavy (non-hydrogen) atoms. The summed E-state index contributed by atoms with van der Waals surface area (Å²) in [5.41, 5.74) is 6.72. The standard InChI is InChI=1S/C13H13N3O/c1-16(10-6-3-2-4-7-10)13(17)11-8-5-9-12(14)15-11/h2-9H,1H3,(H2,14,15). The fraction of sp³-hybridized carbons (Fsp3) is 0.0769. The number of carbonyl (C=O) groups is 1. The van der Waals surface area contributed by atoms with Crippen molar-refractivity contribution < 1.29 is 4.79 Å². The number of para-hydroxylation sites is 1. The van der Waals surface area contributed by atoms with E-state index in [2.05, 4.69) is 4.98 Å². The molecule has 0 aliphatic heterocycles. The van der Waals surface area contributed by atoms with E-state index < -0.39 is 0 Å². The Hall–Kier alpha value is -2.36. The van der Waals surface area contributed by atoms with Crippen LogP contribution in [0.4, 0.5) is 11.5 Å². The van der Waals surface area contributed by atoms with Crippen molar-refractivity contribution in [3.05, 3.63) is 54.2 Å². The maximum atomic E-state index is 12.1. The van der Waals surface area contributed by atoms with Gasteiger partial charge in [-0.25, -0.2) is 4.98 Å². The molecule has 2 aromatic rings. The third-order valence-electron chi connectivity index (χ3n) is 2.44. The Morgan fingerprint density at radius 1 is 1.12 bits per heavy atom. The van der Waals surface area contributed by atoms with Crippen molar-refractivity contribution in [2.75, 3.05) is 17.7 Å². The molecule has 0 saturated carbocycles. The van der Waals surface area contributed by atoms with Gasteiger partial charge in [-0.15, -0.1) is 0 Å². The fourth-order valence-electron chi connectivity index (χ4n) is 1.51. The van der Waals surface area contributed by atoms with Gasteiger partial charge in [0, 0.05) is 12.7 Å². The predicted molar refractivity (Wildman–Crippen MR) is 67.8 cm³/mol. The number of anilines is 2. The highest BCUT2D eigenvalue weighted by Crippen LogP contribution is 2.14. The zero-order chi connectivity index (χ0) is 12.3. The van der Waals surface area contributed by atoms with E-state index in [9.17, 15) is 4.79 Å². The maximum absolute atomic E-state index is 12.1. The van der Waals surface area contributed by atoms with Crippen molar-refractivity contribution >= 4 is 17.4 Å². The van der Waals surface area contributed by atoms with E-state index >= 15 is 0 Å². The highest BCUT2D eigenvalue weighted by molar-refractivity contribution is 6.04. The number of pyridine rings is 1. The Kier molecular flexibility index (Phi) is 3.05. The van der Waals surface area contributed by atoms with E-state index in [-0.39, 0.29) is 5.91 Å². The number of benzene rings is 1. The van der Waals surface area contributed by atoms with Crippen molar-refractivity contribution in [1.82, 2.24) is 4.98 Å². The summed E-state index contributed by atoms with van der Waals surface area (Å²) in [4.78, 5) is 17.7. The summed E-state index contributed by atoms with van der Waals surface area (Å²) in [6, 6.07) is 14.4. The molecule has 0 aliphatic rings. The lowest BCUT2D eigenvalue weighted by atomic mass is 10.2. The van der Waals surface area contributed by atoms with Gasteiger partial charge in [0.05, 0.1) is 0 Å². The van der Waals surface area contributed by atoms with Gasteiger partial charge in [-0.2, -0.15) is 0 Å². The van der Waals surface area contributed by atoms with Crippen LogP contribution in [0.3, 0.4) is 0 Å². The van der Waals surface area contributed by atoms with Crippen LogP contribution in [0.25, 0.3) is 0 Å². The van der Waals surface area contributed by atoms with Crippen LogP contribution >= 0.6 is 0 Å². The second kappa shape index (κ2) is 4.65. The van der Waals surface area contributed by atoms with E-state index in [0.29, 0.717) is 11.5 Å². The summed E-state index contributed by atoms with van der Waals surface area (Å²) in [6.07, 6.45) is 0. The molecule has 1 aromatic heterocycles. The third kappa shape index (κ3) is 2.42. The molecule has 0 aliphatic carbocycles. The average molecular weight is 227 g/mol. The molecule has 2 N–H and O–H groups in total. The number of nitrogen functional groups attached to an aromatic ring is 1. The van der Waals surface area contributed by atoms with Crippen LogP contribution in [0.15, 0.2) is 48.5 Å². The number of carbonyl (C=O) groups excluding carboxylic acids is 1. The molecule has 2 rings (SSSR count). The summed E-state index contributed by atoms with van der Waals surface area (Å²) in [6.45, 7) is 0. The summed E-state index contributed by atoms with van der Waals surface area (Å²) < 4.78 is 0. The molecule has 0 bridgehead atoms. The van der Waals surface area contributed by atoms with Crippen LogP contribution in [0, 0.1) is 0 Å². The Morgan fingerprint density at radius 2 is 1.82 bits per heavy atom. The lowest BCUT2D eigenvalue weighted by molar-refractivity contribution is 0.0988. The zero-order valence-electron chi connectivity index (χ0n) is 9.50. The Morgan fingerprint density at radius 3 is 2.47 bits per heavy atom. The van der Waals surface area contributed by atoms with Gasteiger partial charge in [-0.1, -0.05) is 24.3 Å². The molecule has 0 spiro atoms. The predicted octanol–water partition coefficient (Wildman–Crippen LogP) is 1.94. The van der Waals surface area contributed by atoms with Gasteiger partial charge in [0.1, 0.15) is 11.5 Å². The van der Waals surface area contributed by atoms with Gasteiger partial charge >= 0.3 is 0 Å². The number of aromatic nitrogens is 1. The number of rotatable bonds is 2. The normalized spacial score (nSPS) is 9.94. The molecule has 0 unspecified atom stereocenters. The molecule has 1 amide bonds. The van der Waals surface area contributed by atoms with Crippen LogP contribution in [0.1, 0.15) is 10.5 Å². The molecule has 86 valence electrons. The minimum atomic E-state index is -0.177. The molecule has 4 nitrogen and oxygen atoms in total. The molecule has 4 heteroatoms. The lowest BCUT2D eigenvalue weighted by Gasteiger charge is -2.16. The Labute approximate surface area is 99.7 Å². The van der Waals surface area contributed by atoms with Crippen LogP contribution in [0.5, 0.6) is 0 Å². The number of nitrogens with two attached hydrogens (primary N) is 1. The minimum absolute atomic E-state index is 0.177. The van der Waals surface area contributed by atoms with Crippen molar-refractivity contribution in [3.63, 3.8) is 0 Å². The molecule has 0 radical (unpaired) electrons. The van der Waals surface area contributed by atoms with Crippen LogP contribution in [0.2, 0.25) is 0 Å². The van der Waals surface area contributed by atoms with Crippen LogP contribution in [-0.2, 0) is 0 Å². The van der Waals surface area contributed by atoms with E-state index in [0.717, 1.165) is 5.69 Å². The number of hydrogen-bond acceptors (Lipinski definition) is 3. The van der Waals surface area contributed by atoms with E-state index in [1.165, 1.54) is 0 Å². The van der Waals surface area contributed by atoms with Gasteiger partial charge in [0.25, 0.3) is 5.91 Å². The number of hydrogen-bond donors (Lipinski definition) is 1. The van der Waals surface area contributed by atoms with Crippen molar-refractivity contribution in [2.45, 2.75) is 0 Å². The van der Waals surface area contributed by atoms with Crippen LogP contribution in [-0.4, -0.2) is 17.9 Å². The smallest absolute Gasteiger partial charge is 0.276 e. The highest BCUT2D eigenvalue weighted by Gasteiger charge is 2.14. The van der Waals surface area contributed by atoms with Crippen molar-refractivity contribution in [2.24, 2.45) is 0 Å². The molecule has 0 fully saturated rings. The van der Waals surface area contributed by atoms with Crippen molar-refractivity contribution in [1.29, 1.82) is 0 Å². The molecule has 1 heterocycles. The van der Waals surface area contributed by atoms with Gasteiger partial charge in [0.2, 0.25) is 0 Å². The molecular weight excluding hydrogens is 214 g/mol. The van der Waals surface area contributed by atoms with E-state index in [1.807, 2.05) is 30.3 Å². The summed E-state index contributed by atoms with van der Waals surface area (Å²) in [5, 5.41) is 0. The van der Waals surface area contributed by atoms with Gasteiger partial charge < -0.3 is 10.6 Å². The molecule has 0 saturated heterocycles. The highest BCUT2D eigenvalue weighted by atomic mass is 16.2. The fourth-order valence-corrected chi connectivity index (χ4v) is 1.51. The molecular formula is C13H13N3O. The summed E-state index contributed by atoms with van der Waals surface area (Å²) in [7, 11) is 1.71. The van der Waals surface area contributed by atoms with Gasteiger partial charge in [-0.05, 0) is 24.3 Å². The second-order valence-corrected chi connectivity index (χ2v) is 3.65. The number of amides is 1. The lowest BCUT2D eigenvalue weighted by Crippen LogP contribution is -2.27. The Balaban J connectivity index is 2.27. The topological polar surface area (TPSA) is 59.2 Å². The Bertz CT molecular complexity index is 525. The first-order chi connectivity index (χ1) is 8.18. The summed E-state index contributed by atoms with van der Waals surface area (Å²) >= 11 is 0. The monoisotopic (exact) mass is 227 g/mol. The van der Waals surface area contributed by atoms with Gasteiger partial charge in [-0.3, -0.25) is 4.79 Å². The van der Waals surface area contributed by atoms with Crippen molar-refractivity contribution in [3.8, 4) is 0 Å². The van der Waals surface area contributed by atoms with Crippen LogP contribution < -0.4 is 10.6 Å². The first-order valence-corrected chi connectivity index (χ1v) is 5.24. The molecule has 0 atom stereocenters. The second-order valence-electron chi connectivity index (χ2n) is 3.65. The number of nitrogens with zero attached hydrogens (tertiary/aromatic N) is 2. The maximum Gasteiger partial charge on any atom is 0.276 e. The van der Waals surface area contributed by atoms with E-state index in [1.54, 1.807) is 30.1 Å². The quantitative estimate of drug-likeness (QED) is 0.852. The first-order valence-electron chi connectivity index (χ1n) is 5.24. The van der Waals surface area contributed by atoms with E-state index in [4.69, 9.17) is 5.73 Å². The third-order valence-corrected chi connectivity index (χ3v) is 2.44. The first kappa shape index (κ1) is 11.1. The molecule has 1 aromatic carbocycles. The average Bonchev–Trinajstić information content (AvgIpc) is 2.38. The zero-order valence-corrected chi connectivity index (χ0v) is 9.50. The summed E-state index contributed by atoms with van der Waals surface area (Å²) in [5.74, 6) is 0.167. The SMILES string of the molecule is CN(C(=O)c1cccc(N)n1)c1ccccc1.